The minimum Gasteiger partial charge on any atom is -0.493 e. The van der Waals surface area contributed by atoms with Gasteiger partial charge in [0.2, 0.25) is 0 Å². The monoisotopic (exact) mass is 300 g/mol. The van der Waals surface area contributed by atoms with Crippen molar-refractivity contribution >= 4 is 11.6 Å². The van der Waals surface area contributed by atoms with E-state index in [-0.39, 0.29) is 0 Å². The van der Waals surface area contributed by atoms with Crippen molar-refractivity contribution in [2.45, 2.75) is 26.8 Å². The molecule has 0 aliphatic heterocycles. The number of rotatable bonds is 10. The maximum absolute atomic E-state index is 6.11. The molecule has 0 saturated heterocycles. The van der Waals surface area contributed by atoms with Gasteiger partial charge in [-0.1, -0.05) is 18.5 Å². The van der Waals surface area contributed by atoms with Crippen LogP contribution in [0, 0.1) is 0 Å². The lowest BCUT2D eigenvalue weighted by Gasteiger charge is -2.15. The SMILES string of the molecule is CCNCCCNCc1cc(Cl)cc(OC)c1OCC. The fourth-order valence-electron chi connectivity index (χ4n) is 1.95. The zero-order valence-electron chi connectivity index (χ0n) is 12.6. The van der Waals surface area contributed by atoms with Crippen molar-refractivity contribution in [1.82, 2.24) is 10.6 Å². The highest BCUT2D eigenvalue weighted by molar-refractivity contribution is 6.30. The zero-order chi connectivity index (χ0) is 14.8. The lowest BCUT2D eigenvalue weighted by atomic mass is 10.1. The molecule has 0 atom stereocenters. The van der Waals surface area contributed by atoms with Gasteiger partial charge in [0.15, 0.2) is 11.5 Å². The Morgan fingerprint density at radius 1 is 1.15 bits per heavy atom. The third-order valence-electron chi connectivity index (χ3n) is 2.88. The molecule has 0 aromatic heterocycles. The van der Waals surface area contributed by atoms with Gasteiger partial charge in [0.25, 0.3) is 0 Å². The normalized spacial score (nSPS) is 10.6. The molecule has 1 aromatic carbocycles. The van der Waals surface area contributed by atoms with E-state index in [0.717, 1.165) is 43.9 Å². The summed E-state index contributed by atoms with van der Waals surface area (Å²) in [6.45, 7) is 8.39. The van der Waals surface area contributed by atoms with Gasteiger partial charge in [-0.05, 0) is 39.0 Å². The molecule has 2 N–H and O–H groups in total. The van der Waals surface area contributed by atoms with Gasteiger partial charge in [-0.15, -0.1) is 0 Å². The van der Waals surface area contributed by atoms with Crippen molar-refractivity contribution in [2.75, 3.05) is 33.4 Å². The molecule has 1 rings (SSSR count). The third-order valence-corrected chi connectivity index (χ3v) is 3.10. The summed E-state index contributed by atoms with van der Waals surface area (Å²) in [4.78, 5) is 0. The molecular weight excluding hydrogens is 276 g/mol. The second-order valence-corrected chi connectivity index (χ2v) is 4.85. The van der Waals surface area contributed by atoms with Crippen LogP contribution in [0.3, 0.4) is 0 Å². The molecule has 5 heteroatoms. The number of benzene rings is 1. The predicted molar refractivity (Wildman–Crippen MR) is 84.0 cm³/mol. The molecule has 0 amide bonds. The minimum absolute atomic E-state index is 0.603. The van der Waals surface area contributed by atoms with Crippen molar-refractivity contribution in [3.05, 3.63) is 22.7 Å². The first-order valence-corrected chi connectivity index (χ1v) is 7.51. The summed E-state index contributed by atoms with van der Waals surface area (Å²) in [5, 5.41) is 7.37. The molecule has 0 bridgehead atoms. The number of halogens is 1. The largest absolute Gasteiger partial charge is 0.493 e. The smallest absolute Gasteiger partial charge is 0.165 e. The highest BCUT2D eigenvalue weighted by atomic mass is 35.5. The van der Waals surface area contributed by atoms with E-state index in [9.17, 15) is 0 Å². The van der Waals surface area contributed by atoms with Gasteiger partial charge in [-0.2, -0.15) is 0 Å². The van der Waals surface area contributed by atoms with E-state index < -0.39 is 0 Å². The molecule has 0 heterocycles. The van der Waals surface area contributed by atoms with Gasteiger partial charge < -0.3 is 20.1 Å². The Hall–Kier alpha value is -0.970. The van der Waals surface area contributed by atoms with Crippen LogP contribution in [0.1, 0.15) is 25.8 Å². The summed E-state index contributed by atoms with van der Waals surface area (Å²) in [5.74, 6) is 1.46. The maximum Gasteiger partial charge on any atom is 0.165 e. The zero-order valence-corrected chi connectivity index (χ0v) is 13.3. The molecule has 0 aliphatic carbocycles. The minimum atomic E-state index is 0.603. The number of hydrogen-bond acceptors (Lipinski definition) is 4. The average Bonchev–Trinajstić information content (AvgIpc) is 2.45. The van der Waals surface area contributed by atoms with Gasteiger partial charge in [0.1, 0.15) is 0 Å². The Kier molecular flexibility index (Phi) is 8.42. The van der Waals surface area contributed by atoms with E-state index in [1.54, 1.807) is 13.2 Å². The molecule has 0 radical (unpaired) electrons. The highest BCUT2D eigenvalue weighted by Crippen LogP contribution is 2.34. The third kappa shape index (κ3) is 5.57. The second-order valence-electron chi connectivity index (χ2n) is 4.41. The van der Waals surface area contributed by atoms with Crippen molar-refractivity contribution in [3.63, 3.8) is 0 Å². The molecule has 0 unspecified atom stereocenters. The quantitative estimate of drug-likeness (QED) is 0.652. The number of ether oxygens (including phenoxy) is 2. The summed E-state index contributed by atoms with van der Waals surface area (Å²) < 4.78 is 11.0. The van der Waals surface area contributed by atoms with Gasteiger partial charge in [-0.3, -0.25) is 0 Å². The van der Waals surface area contributed by atoms with Crippen LogP contribution in [0.25, 0.3) is 0 Å². The number of methoxy groups -OCH3 is 1. The van der Waals surface area contributed by atoms with Crippen LogP contribution in [-0.4, -0.2) is 33.4 Å². The second kappa shape index (κ2) is 9.86. The fourth-order valence-corrected chi connectivity index (χ4v) is 2.18. The van der Waals surface area contributed by atoms with Gasteiger partial charge >= 0.3 is 0 Å². The first kappa shape index (κ1) is 17.1. The highest BCUT2D eigenvalue weighted by Gasteiger charge is 2.12. The van der Waals surface area contributed by atoms with Gasteiger partial charge in [0.05, 0.1) is 13.7 Å². The Bertz CT molecular complexity index is 400. The van der Waals surface area contributed by atoms with Crippen LogP contribution in [0.15, 0.2) is 12.1 Å². The van der Waals surface area contributed by atoms with Gasteiger partial charge in [-0.25, -0.2) is 0 Å². The molecule has 114 valence electrons. The summed E-state index contributed by atoms with van der Waals surface area (Å²) in [7, 11) is 1.63. The average molecular weight is 301 g/mol. The molecule has 1 aromatic rings. The lowest BCUT2D eigenvalue weighted by Crippen LogP contribution is -2.21. The van der Waals surface area contributed by atoms with Crippen LogP contribution in [0.4, 0.5) is 0 Å². The molecule has 4 nitrogen and oxygen atoms in total. The Labute approximate surface area is 126 Å². The van der Waals surface area contributed by atoms with Crippen molar-refractivity contribution in [3.8, 4) is 11.5 Å². The van der Waals surface area contributed by atoms with E-state index in [1.807, 2.05) is 13.0 Å². The van der Waals surface area contributed by atoms with E-state index >= 15 is 0 Å². The molecule has 0 aliphatic rings. The van der Waals surface area contributed by atoms with E-state index in [4.69, 9.17) is 21.1 Å². The summed E-state index contributed by atoms with van der Waals surface area (Å²) in [6, 6.07) is 3.70. The standard InChI is InChI=1S/C15H25ClN2O2/c1-4-17-7-6-8-18-11-12-9-13(16)10-14(19-3)15(12)20-5-2/h9-10,17-18H,4-8,11H2,1-3H3. The fraction of sp³-hybridized carbons (Fsp3) is 0.600. The molecular formula is C15H25ClN2O2. The van der Waals surface area contributed by atoms with Crippen LogP contribution >= 0.6 is 11.6 Å². The first-order chi connectivity index (χ1) is 9.72. The topological polar surface area (TPSA) is 42.5 Å². The van der Waals surface area contributed by atoms with Crippen molar-refractivity contribution < 1.29 is 9.47 Å². The molecule has 0 spiro atoms. The number of hydrogen-bond donors (Lipinski definition) is 2. The maximum atomic E-state index is 6.11. The van der Waals surface area contributed by atoms with Crippen molar-refractivity contribution in [1.29, 1.82) is 0 Å². The van der Waals surface area contributed by atoms with E-state index in [2.05, 4.69) is 17.6 Å². The summed E-state index contributed by atoms with van der Waals surface area (Å²) >= 11 is 6.11. The Balaban J connectivity index is 2.60. The van der Waals surface area contributed by atoms with E-state index in [0.29, 0.717) is 17.4 Å². The Morgan fingerprint density at radius 3 is 2.55 bits per heavy atom. The van der Waals surface area contributed by atoms with Crippen LogP contribution in [-0.2, 0) is 6.54 Å². The first-order valence-electron chi connectivity index (χ1n) is 7.13. The molecule has 0 fully saturated rings. The Morgan fingerprint density at radius 2 is 1.90 bits per heavy atom. The van der Waals surface area contributed by atoms with Crippen LogP contribution < -0.4 is 20.1 Å². The van der Waals surface area contributed by atoms with Gasteiger partial charge in [0, 0.05) is 23.2 Å². The number of nitrogens with one attached hydrogen (secondary N) is 2. The van der Waals surface area contributed by atoms with Crippen LogP contribution in [0.2, 0.25) is 5.02 Å². The lowest BCUT2D eigenvalue weighted by molar-refractivity contribution is 0.307. The van der Waals surface area contributed by atoms with Crippen LogP contribution in [0.5, 0.6) is 11.5 Å². The predicted octanol–water partition coefficient (Wildman–Crippen LogP) is 2.84. The van der Waals surface area contributed by atoms with E-state index in [1.165, 1.54) is 0 Å². The molecule has 20 heavy (non-hydrogen) atoms. The summed E-state index contributed by atoms with van der Waals surface area (Å²) in [6.07, 6.45) is 1.09. The molecule has 0 saturated carbocycles. The summed E-state index contributed by atoms with van der Waals surface area (Å²) in [5.41, 5.74) is 1.03. The van der Waals surface area contributed by atoms with Crippen molar-refractivity contribution in [2.24, 2.45) is 0 Å².